The van der Waals surface area contributed by atoms with Crippen molar-refractivity contribution in [2.24, 2.45) is 0 Å². The normalized spacial score (nSPS) is 16.8. The van der Waals surface area contributed by atoms with E-state index < -0.39 is 17.4 Å². The van der Waals surface area contributed by atoms with E-state index in [1.165, 1.54) is 0 Å². The third kappa shape index (κ3) is 4.95. The van der Waals surface area contributed by atoms with Crippen LogP contribution in [-0.4, -0.2) is 44.2 Å². The fourth-order valence-electron chi connectivity index (χ4n) is 3.11. The first-order chi connectivity index (χ1) is 11.8. The molecule has 138 valence electrons. The van der Waals surface area contributed by atoms with Crippen LogP contribution in [-0.2, 0) is 19.7 Å². The maximum Gasteiger partial charge on any atom is 0.309 e. The largest absolute Gasteiger partial charge is 0.496 e. The van der Waals surface area contributed by atoms with Gasteiger partial charge in [0.05, 0.1) is 7.11 Å². The number of para-hydroxylation sites is 1. The molecule has 1 heterocycles. The van der Waals surface area contributed by atoms with E-state index in [0.29, 0.717) is 19.8 Å². The summed E-state index contributed by atoms with van der Waals surface area (Å²) >= 11 is 0. The molecule has 0 aromatic heterocycles. The molecular weight excluding hydrogens is 320 g/mol. The zero-order chi connectivity index (χ0) is 18.5. The topological polar surface area (TPSA) is 76.7 Å². The van der Waals surface area contributed by atoms with E-state index in [0.717, 1.165) is 24.2 Å². The number of hydrogen-bond donors (Lipinski definition) is 2. The van der Waals surface area contributed by atoms with Crippen LogP contribution in [0.25, 0.3) is 0 Å². The Kier molecular flexibility index (Phi) is 6.06. The van der Waals surface area contributed by atoms with Gasteiger partial charge in [-0.05, 0) is 39.7 Å². The van der Waals surface area contributed by atoms with Crippen LogP contribution in [0.4, 0.5) is 0 Å². The Labute approximate surface area is 149 Å². The number of carbonyl (C=O) groups excluding carboxylic acids is 2. The minimum atomic E-state index is -0.616. The molecule has 1 aromatic carbocycles. The van der Waals surface area contributed by atoms with E-state index >= 15 is 0 Å². The van der Waals surface area contributed by atoms with Crippen molar-refractivity contribution >= 4 is 11.8 Å². The van der Waals surface area contributed by atoms with Gasteiger partial charge in [0, 0.05) is 36.3 Å². The first-order valence-electron chi connectivity index (χ1n) is 8.59. The molecule has 0 unspecified atom stereocenters. The molecule has 1 fully saturated rings. The van der Waals surface area contributed by atoms with Crippen molar-refractivity contribution in [2.45, 2.75) is 44.6 Å². The second-order valence-corrected chi connectivity index (χ2v) is 7.48. The van der Waals surface area contributed by atoms with Crippen molar-refractivity contribution in [3.05, 3.63) is 29.8 Å². The van der Waals surface area contributed by atoms with E-state index in [4.69, 9.17) is 9.47 Å². The van der Waals surface area contributed by atoms with Gasteiger partial charge >= 0.3 is 11.8 Å². The molecule has 6 heteroatoms. The first-order valence-corrected chi connectivity index (χ1v) is 8.59. The van der Waals surface area contributed by atoms with Gasteiger partial charge in [0.1, 0.15) is 5.75 Å². The fraction of sp³-hybridized carbons (Fsp3) is 0.579. The second-order valence-electron chi connectivity index (χ2n) is 7.48. The molecule has 6 nitrogen and oxygen atoms in total. The van der Waals surface area contributed by atoms with E-state index in [-0.39, 0.29) is 5.41 Å². The summed E-state index contributed by atoms with van der Waals surface area (Å²) in [6, 6.07) is 7.82. The fourth-order valence-corrected chi connectivity index (χ4v) is 3.11. The molecule has 1 aliphatic rings. The lowest BCUT2D eigenvalue weighted by Crippen LogP contribution is -2.51. The summed E-state index contributed by atoms with van der Waals surface area (Å²) < 4.78 is 11.0. The monoisotopic (exact) mass is 348 g/mol. The number of hydrogen-bond acceptors (Lipinski definition) is 4. The molecule has 1 saturated heterocycles. The number of carbonyl (C=O) groups is 2. The third-order valence-corrected chi connectivity index (χ3v) is 4.41. The van der Waals surface area contributed by atoms with E-state index in [1.54, 1.807) is 7.11 Å². The number of methoxy groups -OCH3 is 1. The Hall–Kier alpha value is -2.08. The van der Waals surface area contributed by atoms with Crippen molar-refractivity contribution in [1.82, 2.24) is 10.6 Å². The molecule has 0 radical (unpaired) electrons. The highest BCUT2D eigenvalue weighted by Crippen LogP contribution is 2.39. The van der Waals surface area contributed by atoms with Crippen LogP contribution >= 0.6 is 0 Å². The summed E-state index contributed by atoms with van der Waals surface area (Å²) in [5, 5.41) is 5.48. The Balaban J connectivity index is 2.16. The Morgan fingerprint density at radius 1 is 1.16 bits per heavy atom. The van der Waals surface area contributed by atoms with E-state index in [2.05, 4.69) is 10.6 Å². The molecular formula is C19H28N2O4. The van der Waals surface area contributed by atoms with Crippen molar-refractivity contribution in [2.75, 3.05) is 26.9 Å². The van der Waals surface area contributed by atoms with Gasteiger partial charge < -0.3 is 20.1 Å². The third-order valence-electron chi connectivity index (χ3n) is 4.41. The molecule has 2 rings (SSSR count). The zero-order valence-corrected chi connectivity index (χ0v) is 15.5. The van der Waals surface area contributed by atoms with Crippen LogP contribution < -0.4 is 15.4 Å². The van der Waals surface area contributed by atoms with E-state index in [1.807, 2.05) is 45.0 Å². The molecule has 0 aliphatic carbocycles. The second kappa shape index (κ2) is 7.87. The highest BCUT2D eigenvalue weighted by Gasteiger charge is 2.37. The van der Waals surface area contributed by atoms with Crippen LogP contribution in [0.2, 0.25) is 0 Å². The molecule has 2 amide bonds. The predicted molar refractivity (Wildman–Crippen MR) is 95.6 cm³/mol. The Morgan fingerprint density at radius 3 is 2.40 bits per heavy atom. The molecule has 1 aromatic rings. The van der Waals surface area contributed by atoms with Gasteiger partial charge in [-0.25, -0.2) is 0 Å². The molecule has 2 N–H and O–H groups in total. The smallest absolute Gasteiger partial charge is 0.309 e. The lowest BCUT2D eigenvalue weighted by atomic mass is 9.73. The lowest BCUT2D eigenvalue weighted by Gasteiger charge is -2.38. The van der Waals surface area contributed by atoms with Gasteiger partial charge in [-0.1, -0.05) is 18.2 Å². The van der Waals surface area contributed by atoms with Crippen LogP contribution in [0.5, 0.6) is 5.75 Å². The molecule has 0 bridgehead atoms. The highest BCUT2D eigenvalue weighted by molar-refractivity contribution is 6.35. The average molecular weight is 348 g/mol. The molecule has 0 spiro atoms. The van der Waals surface area contributed by atoms with Crippen LogP contribution in [0.3, 0.4) is 0 Å². The van der Waals surface area contributed by atoms with Gasteiger partial charge in [0.2, 0.25) is 0 Å². The number of amides is 2. The molecule has 25 heavy (non-hydrogen) atoms. The van der Waals surface area contributed by atoms with Crippen molar-refractivity contribution < 1.29 is 19.1 Å². The van der Waals surface area contributed by atoms with Gasteiger partial charge in [0.25, 0.3) is 0 Å². The summed E-state index contributed by atoms with van der Waals surface area (Å²) in [6.07, 6.45) is 1.52. The zero-order valence-electron chi connectivity index (χ0n) is 15.5. The quantitative estimate of drug-likeness (QED) is 0.813. The summed E-state index contributed by atoms with van der Waals surface area (Å²) in [6.45, 7) is 7.12. The maximum atomic E-state index is 12.2. The van der Waals surface area contributed by atoms with Crippen molar-refractivity contribution in [1.29, 1.82) is 0 Å². The highest BCUT2D eigenvalue weighted by atomic mass is 16.5. The van der Waals surface area contributed by atoms with Crippen molar-refractivity contribution in [3.8, 4) is 5.75 Å². The van der Waals surface area contributed by atoms with Gasteiger partial charge in [-0.15, -0.1) is 0 Å². The number of benzene rings is 1. The summed E-state index contributed by atoms with van der Waals surface area (Å²) in [4.78, 5) is 24.2. The summed E-state index contributed by atoms with van der Waals surface area (Å²) in [7, 11) is 1.64. The summed E-state index contributed by atoms with van der Waals surface area (Å²) in [5.41, 5.74) is 0.285. The summed E-state index contributed by atoms with van der Waals surface area (Å²) in [5.74, 6) is -0.441. The minimum absolute atomic E-state index is 0.303. The van der Waals surface area contributed by atoms with E-state index in [9.17, 15) is 9.59 Å². The number of nitrogens with one attached hydrogen (secondary N) is 2. The maximum absolute atomic E-state index is 12.2. The lowest BCUT2D eigenvalue weighted by molar-refractivity contribution is -0.140. The van der Waals surface area contributed by atoms with Gasteiger partial charge in [-0.2, -0.15) is 0 Å². The first kappa shape index (κ1) is 19.2. The van der Waals surface area contributed by atoms with Crippen molar-refractivity contribution in [3.63, 3.8) is 0 Å². The average Bonchev–Trinajstić information content (AvgIpc) is 2.59. The minimum Gasteiger partial charge on any atom is -0.496 e. The number of rotatable bonds is 4. The van der Waals surface area contributed by atoms with Crippen LogP contribution in [0.15, 0.2) is 24.3 Å². The standard InChI is InChI=1S/C19H28N2O4/c1-18(2,3)21-17(23)16(22)20-13-19(9-11-25-12-10-19)14-7-5-6-8-15(14)24-4/h5-8H,9-13H2,1-4H3,(H,20,22)(H,21,23). The van der Waals surface area contributed by atoms with Crippen LogP contribution in [0, 0.1) is 0 Å². The Bertz CT molecular complexity index is 616. The van der Waals surface area contributed by atoms with Gasteiger partial charge in [-0.3, -0.25) is 9.59 Å². The van der Waals surface area contributed by atoms with Gasteiger partial charge in [0.15, 0.2) is 0 Å². The molecule has 1 aliphatic heterocycles. The Morgan fingerprint density at radius 2 is 1.80 bits per heavy atom. The number of ether oxygens (including phenoxy) is 2. The SMILES string of the molecule is COc1ccccc1C1(CNC(=O)C(=O)NC(C)(C)C)CCOCC1. The van der Waals surface area contributed by atoms with Crippen LogP contribution in [0.1, 0.15) is 39.2 Å². The predicted octanol–water partition coefficient (Wildman–Crippen LogP) is 1.77. The molecule has 0 saturated carbocycles. The molecule has 0 atom stereocenters.